The molecule has 0 aromatic carbocycles. The van der Waals surface area contributed by atoms with Crippen molar-refractivity contribution in [2.24, 2.45) is 0 Å². The Balaban J connectivity index is 2.91. The van der Waals surface area contributed by atoms with Crippen LogP contribution < -0.4 is 0 Å². The highest BCUT2D eigenvalue weighted by Crippen LogP contribution is 2.18. The van der Waals surface area contributed by atoms with Crippen molar-refractivity contribution in [3.05, 3.63) is 35.2 Å². The van der Waals surface area contributed by atoms with Gasteiger partial charge >= 0.3 is 0 Å². The number of aromatic nitrogens is 2. The molecule has 0 saturated carbocycles. The molecule has 0 aliphatic heterocycles. The quantitative estimate of drug-likeness (QED) is 0.622. The predicted octanol–water partition coefficient (Wildman–Crippen LogP) is 2.39. The van der Waals surface area contributed by atoms with Crippen molar-refractivity contribution in [3.8, 4) is 0 Å². The summed E-state index contributed by atoms with van der Waals surface area (Å²) in [5.74, 6) is 0. The van der Waals surface area contributed by atoms with Crippen LogP contribution in [0.15, 0.2) is 35.2 Å². The third-order valence-corrected chi connectivity index (χ3v) is 2.11. The molecule has 2 rings (SSSR count). The summed E-state index contributed by atoms with van der Waals surface area (Å²) in [6.45, 7) is 0. The molecule has 0 aliphatic rings. The van der Waals surface area contributed by atoms with Gasteiger partial charge in [0.15, 0.2) is 0 Å². The molecule has 11 heavy (non-hydrogen) atoms. The van der Waals surface area contributed by atoms with Crippen LogP contribution in [0.2, 0.25) is 0 Å². The van der Waals surface area contributed by atoms with Crippen LogP contribution in [0.1, 0.15) is 0 Å². The Hall–Kier alpha value is -0.960. The van der Waals surface area contributed by atoms with Crippen molar-refractivity contribution in [2.75, 3.05) is 0 Å². The number of rotatable bonds is 0. The zero-order chi connectivity index (χ0) is 7.68. The van der Waals surface area contributed by atoms with Crippen molar-refractivity contribution in [3.63, 3.8) is 0 Å². The van der Waals surface area contributed by atoms with Crippen molar-refractivity contribution in [1.29, 1.82) is 0 Å². The molecule has 2 aromatic rings. The molecule has 2 aromatic heterocycles. The molecule has 0 bridgehead atoms. The zero-order valence-electron chi connectivity index (χ0n) is 5.66. The third-order valence-electron chi connectivity index (χ3n) is 1.48. The summed E-state index contributed by atoms with van der Waals surface area (Å²) in [5, 5.41) is 1.05. The monoisotopic (exact) mass is 208 g/mol. The van der Waals surface area contributed by atoms with Crippen molar-refractivity contribution in [1.82, 2.24) is 9.97 Å². The molecule has 0 saturated heterocycles. The minimum Gasteiger partial charge on any atom is -0.256 e. The highest BCUT2D eigenvalue weighted by Gasteiger charge is 1.96. The van der Waals surface area contributed by atoms with Gasteiger partial charge < -0.3 is 0 Å². The molecule has 0 spiro atoms. The molecule has 0 atom stereocenters. The summed E-state index contributed by atoms with van der Waals surface area (Å²) >= 11 is 3.35. The van der Waals surface area contributed by atoms with E-state index < -0.39 is 0 Å². The average Bonchev–Trinajstić information content (AvgIpc) is 2.06. The Morgan fingerprint density at radius 2 is 2.00 bits per heavy atom. The lowest BCUT2D eigenvalue weighted by molar-refractivity contribution is 1.29. The van der Waals surface area contributed by atoms with E-state index in [1.54, 1.807) is 12.4 Å². The van der Waals surface area contributed by atoms with E-state index in [-0.39, 0.29) is 0 Å². The number of hydrogen-bond donors (Lipinski definition) is 0. The molecule has 0 N–H and O–H groups in total. The number of nitrogens with zero attached hydrogens (tertiary/aromatic N) is 2. The second-order valence-electron chi connectivity index (χ2n) is 2.17. The van der Waals surface area contributed by atoms with Crippen LogP contribution in [-0.4, -0.2) is 9.97 Å². The van der Waals surface area contributed by atoms with E-state index in [1.165, 1.54) is 0 Å². The lowest BCUT2D eigenvalue weighted by Crippen LogP contribution is -1.80. The predicted molar refractivity (Wildman–Crippen MR) is 47.2 cm³/mol. The Labute approximate surface area is 72.4 Å². The van der Waals surface area contributed by atoms with Crippen LogP contribution >= 0.6 is 15.9 Å². The molecule has 2 nitrogen and oxygen atoms in total. The molecule has 0 aliphatic carbocycles. The van der Waals surface area contributed by atoms with Crippen LogP contribution in [0.25, 0.3) is 10.9 Å². The van der Waals surface area contributed by atoms with E-state index in [9.17, 15) is 0 Å². The summed E-state index contributed by atoms with van der Waals surface area (Å²) in [6, 6.07) is 5.77. The minimum absolute atomic E-state index is 0.850. The van der Waals surface area contributed by atoms with Gasteiger partial charge in [0.1, 0.15) is 4.60 Å². The SMILES string of the molecule is Brc1nccc2ncccc12. The highest BCUT2D eigenvalue weighted by atomic mass is 79.9. The summed E-state index contributed by atoms with van der Waals surface area (Å²) in [5.41, 5.74) is 0.967. The fraction of sp³-hybridized carbons (Fsp3) is 0. The van der Waals surface area contributed by atoms with Crippen LogP contribution in [0.3, 0.4) is 0 Å². The highest BCUT2D eigenvalue weighted by molar-refractivity contribution is 9.10. The van der Waals surface area contributed by atoms with Crippen molar-refractivity contribution < 1.29 is 0 Å². The average molecular weight is 209 g/mol. The van der Waals surface area contributed by atoms with E-state index >= 15 is 0 Å². The van der Waals surface area contributed by atoms with E-state index in [0.717, 1.165) is 15.5 Å². The molecule has 3 heteroatoms. The van der Waals surface area contributed by atoms with Crippen LogP contribution in [0, 0.1) is 0 Å². The molecule has 0 amide bonds. The summed E-state index contributed by atoms with van der Waals surface area (Å²) in [6.07, 6.45) is 3.51. The Bertz CT molecular complexity index is 381. The maximum atomic E-state index is 4.17. The maximum absolute atomic E-state index is 4.17. The summed E-state index contributed by atoms with van der Waals surface area (Å²) in [4.78, 5) is 8.26. The molecule has 54 valence electrons. The molecular formula is C8H5BrN2. The summed E-state index contributed by atoms with van der Waals surface area (Å²) in [7, 11) is 0. The lowest BCUT2D eigenvalue weighted by atomic mass is 10.3. The molecule has 0 radical (unpaired) electrons. The standard InChI is InChI=1S/C8H5BrN2/c9-8-6-2-1-4-10-7(6)3-5-11-8/h1-5H. The molecule has 0 fully saturated rings. The van der Waals surface area contributed by atoms with Crippen LogP contribution in [0.4, 0.5) is 0 Å². The Morgan fingerprint density at radius 3 is 2.82 bits per heavy atom. The van der Waals surface area contributed by atoms with Gasteiger partial charge in [-0.1, -0.05) is 0 Å². The van der Waals surface area contributed by atoms with Crippen LogP contribution in [-0.2, 0) is 0 Å². The minimum atomic E-state index is 0.850. The molecule has 2 heterocycles. The van der Waals surface area contributed by atoms with Crippen molar-refractivity contribution >= 4 is 26.8 Å². The van der Waals surface area contributed by atoms with Crippen LogP contribution in [0.5, 0.6) is 0 Å². The van der Waals surface area contributed by atoms with E-state index in [2.05, 4.69) is 25.9 Å². The second-order valence-corrected chi connectivity index (χ2v) is 2.92. The first-order chi connectivity index (χ1) is 5.38. The molecular weight excluding hydrogens is 204 g/mol. The number of pyridine rings is 2. The zero-order valence-corrected chi connectivity index (χ0v) is 7.25. The third kappa shape index (κ3) is 1.12. The number of fused-ring (bicyclic) bond motifs is 1. The first-order valence-electron chi connectivity index (χ1n) is 3.23. The maximum Gasteiger partial charge on any atom is 0.115 e. The van der Waals surface area contributed by atoms with Crippen molar-refractivity contribution in [2.45, 2.75) is 0 Å². The normalized spacial score (nSPS) is 10.3. The van der Waals surface area contributed by atoms with Gasteiger partial charge in [-0.05, 0) is 34.1 Å². The van der Waals surface area contributed by atoms with Gasteiger partial charge in [-0.3, -0.25) is 4.98 Å². The van der Waals surface area contributed by atoms with Gasteiger partial charge in [-0.2, -0.15) is 0 Å². The Kier molecular flexibility index (Phi) is 1.58. The fourth-order valence-electron chi connectivity index (χ4n) is 0.968. The van der Waals surface area contributed by atoms with Gasteiger partial charge in [0.05, 0.1) is 5.52 Å². The number of halogens is 1. The van der Waals surface area contributed by atoms with Gasteiger partial charge in [0.25, 0.3) is 0 Å². The summed E-state index contributed by atoms with van der Waals surface area (Å²) < 4.78 is 0.850. The van der Waals surface area contributed by atoms with Gasteiger partial charge in [0.2, 0.25) is 0 Å². The smallest absolute Gasteiger partial charge is 0.115 e. The molecule has 0 unspecified atom stereocenters. The van der Waals surface area contributed by atoms with Gasteiger partial charge in [-0.25, -0.2) is 4.98 Å². The van der Waals surface area contributed by atoms with Gasteiger partial charge in [0, 0.05) is 17.8 Å². The number of hydrogen-bond acceptors (Lipinski definition) is 2. The van der Waals surface area contributed by atoms with Gasteiger partial charge in [-0.15, -0.1) is 0 Å². The first-order valence-corrected chi connectivity index (χ1v) is 4.02. The largest absolute Gasteiger partial charge is 0.256 e. The van der Waals surface area contributed by atoms with E-state index in [1.807, 2.05) is 18.2 Å². The van der Waals surface area contributed by atoms with E-state index in [0.29, 0.717) is 0 Å². The topological polar surface area (TPSA) is 25.8 Å². The lowest BCUT2D eigenvalue weighted by Gasteiger charge is -1.95. The Morgan fingerprint density at radius 1 is 1.09 bits per heavy atom. The first kappa shape index (κ1) is 6.73. The second kappa shape index (κ2) is 2.58. The van der Waals surface area contributed by atoms with E-state index in [4.69, 9.17) is 0 Å². The fourth-order valence-corrected chi connectivity index (χ4v) is 1.42.